The van der Waals surface area contributed by atoms with Gasteiger partial charge in [-0.05, 0) is 6.07 Å². The van der Waals surface area contributed by atoms with E-state index < -0.39 is 0 Å². The van der Waals surface area contributed by atoms with Crippen LogP contribution in [0.25, 0.3) is 10.1 Å². The third kappa shape index (κ3) is 0.971. The van der Waals surface area contributed by atoms with Crippen molar-refractivity contribution in [2.75, 3.05) is 11.9 Å². The van der Waals surface area contributed by atoms with Crippen LogP contribution in [0.4, 0.5) is 10.7 Å². The van der Waals surface area contributed by atoms with Gasteiger partial charge in [-0.1, -0.05) is 18.2 Å². The lowest BCUT2D eigenvalue weighted by Crippen LogP contribution is -2.04. The molecule has 0 fully saturated rings. The van der Waals surface area contributed by atoms with Crippen molar-refractivity contribution in [3.05, 3.63) is 24.3 Å². The van der Waals surface area contributed by atoms with Crippen LogP contribution < -0.4 is 5.32 Å². The van der Waals surface area contributed by atoms with Crippen LogP contribution in [0.1, 0.15) is 0 Å². The number of aliphatic imine (C=N–C) groups is 1. The molecule has 0 atom stereocenters. The molecule has 3 heteroatoms. The van der Waals surface area contributed by atoms with Gasteiger partial charge >= 0.3 is 0 Å². The van der Waals surface area contributed by atoms with Crippen LogP contribution in [-0.2, 0) is 0 Å². The predicted octanol–water partition coefficient (Wildman–Crippen LogP) is 3.03. The number of hydrogen-bond acceptors (Lipinski definition) is 3. The zero-order chi connectivity index (χ0) is 8.67. The minimum atomic E-state index is 0.841. The molecule has 1 aliphatic rings. The molecule has 1 aromatic heterocycles. The van der Waals surface area contributed by atoms with Gasteiger partial charge in [-0.15, -0.1) is 11.3 Å². The van der Waals surface area contributed by atoms with Gasteiger partial charge in [0.15, 0.2) is 0 Å². The molecule has 64 valence electrons. The van der Waals surface area contributed by atoms with Gasteiger partial charge in [-0.2, -0.15) is 0 Å². The fraction of sp³-hybridized carbons (Fsp3) is 0.100. The molecular weight excluding hydrogens is 180 g/mol. The van der Waals surface area contributed by atoms with Gasteiger partial charge < -0.3 is 5.32 Å². The van der Waals surface area contributed by atoms with E-state index in [1.807, 2.05) is 6.21 Å². The molecule has 1 N–H and O–H groups in total. The summed E-state index contributed by atoms with van der Waals surface area (Å²) in [6.45, 7) is 0.841. The van der Waals surface area contributed by atoms with Crippen molar-refractivity contribution < 1.29 is 0 Å². The Balaban J connectivity index is 2.41. The molecule has 0 bridgehead atoms. The maximum Gasteiger partial charge on any atom is 0.140 e. The normalized spacial score (nSPS) is 14.2. The lowest BCUT2D eigenvalue weighted by molar-refractivity contribution is 1.38. The third-order valence-electron chi connectivity index (χ3n) is 2.16. The third-order valence-corrected chi connectivity index (χ3v) is 3.23. The number of thiophene rings is 1. The maximum atomic E-state index is 4.36. The summed E-state index contributed by atoms with van der Waals surface area (Å²) in [4.78, 5) is 4.36. The number of rotatable bonds is 0. The molecule has 0 radical (unpaired) electrons. The van der Waals surface area contributed by atoms with Crippen molar-refractivity contribution in [1.29, 1.82) is 0 Å². The largest absolute Gasteiger partial charge is 0.377 e. The van der Waals surface area contributed by atoms with Gasteiger partial charge in [0.25, 0.3) is 0 Å². The molecule has 0 aliphatic carbocycles. The van der Waals surface area contributed by atoms with E-state index in [9.17, 15) is 0 Å². The van der Waals surface area contributed by atoms with Gasteiger partial charge in [-0.25, -0.2) is 4.99 Å². The van der Waals surface area contributed by atoms with E-state index in [1.54, 1.807) is 11.3 Å². The van der Waals surface area contributed by atoms with Crippen molar-refractivity contribution in [3.63, 3.8) is 0 Å². The molecule has 0 saturated carbocycles. The molecular formula is C10H8N2S. The monoisotopic (exact) mass is 188 g/mol. The standard InChI is InChI=1S/C10H8N2S/c1-2-4-8-7(3-1)9-10(13-8)12-6-5-11-9/h1-4,6,11H,5H2. The molecule has 13 heavy (non-hydrogen) atoms. The second-order valence-corrected chi connectivity index (χ2v) is 4.00. The number of anilines is 1. The molecule has 1 aromatic carbocycles. The average molecular weight is 188 g/mol. The number of nitrogens with one attached hydrogen (secondary N) is 1. The van der Waals surface area contributed by atoms with E-state index in [0.717, 1.165) is 11.5 Å². The van der Waals surface area contributed by atoms with Crippen LogP contribution in [-0.4, -0.2) is 12.8 Å². The Morgan fingerprint density at radius 3 is 3.23 bits per heavy atom. The van der Waals surface area contributed by atoms with Crippen LogP contribution in [0.3, 0.4) is 0 Å². The first-order valence-electron chi connectivity index (χ1n) is 4.23. The number of fused-ring (bicyclic) bond motifs is 3. The van der Waals surface area contributed by atoms with Crippen LogP contribution in [0.15, 0.2) is 29.3 Å². The van der Waals surface area contributed by atoms with Crippen LogP contribution in [0.2, 0.25) is 0 Å². The summed E-state index contributed by atoms with van der Waals surface area (Å²) in [6, 6.07) is 8.40. The molecule has 2 heterocycles. The van der Waals surface area contributed by atoms with Crippen molar-refractivity contribution in [3.8, 4) is 0 Å². The zero-order valence-electron chi connectivity index (χ0n) is 6.95. The molecule has 3 rings (SSSR count). The lowest BCUT2D eigenvalue weighted by atomic mass is 10.2. The van der Waals surface area contributed by atoms with Gasteiger partial charge in [0, 0.05) is 16.3 Å². The fourth-order valence-electron chi connectivity index (χ4n) is 1.57. The Kier molecular flexibility index (Phi) is 1.40. The first kappa shape index (κ1) is 7.09. The van der Waals surface area contributed by atoms with E-state index >= 15 is 0 Å². The molecule has 2 aromatic rings. The molecule has 0 amide bonds. The molecule has 0 unspecified atom stereocenters. The highest BCUT2D eigenvalue weighted by Gasteiger charge is 2.11. The van der Waals surface area contributed by atoms with Gasteiger partial charge in [-0.3, -0.25) is 0 Å². The summed E-state index contributed by atoms with van der Waals surface area (Å²) in [5.74, 6) is 0. The van der Waals surface area contributed by atoms with E-state index in [2.05, 4.69) is 34.6 Å². The minimum Gasteiger partial charge on any atom is -0.377 e. The lowest BCUT2D eigenvalue weighted by Gasteiger charge is -2.06. The Morgan fingerprint density at radius 2 is 2.23 bits per heavy atom. The molecule has 0 spiro atoms. The van der Waals surface area contributed by atoms with Crippen molar-refractivity contribution in [2.45, 2.75) is 0 Å². The van der Waals surface area contributed by atoms with Gasteiger partial charge in [0.05, 0.1) is 12.2 Å². The van der Waals surface area contributed by atoms with Crippen molar-refractivity contribution in [1.82, 2.24) is 0 Å². The summed E-state index contributed by atoms with van der Waals surface area (Å²) in [5.41, 5.74) is 1.20. The Labute approximate surface area is 79.9 Å². The Hall–Kier alpha value is -1.35. The predicted molar refractivity (Wildman–Crippen MR) is 58.5 cm³/mol. The first-order chi connectivity index (χ1) is 6.45. The van der Waals surface area contributed by atoms with E-state index in [-0.39, 0.29) is 0 Å². The average Bonchev–Trinajstić information content (AvgIpc) is 2.56. The van der Waals surface area contributed by atoms with Gasteiger partial charge in [0.2, 0.25) is 0 Å². The Morgan fingerprint density at radius 1 is 1.31 bits per heavy atom. The summed E-state index contributed by atoms with van der Waals surface area (Å²) in [5, 5.41) is 5.74. The molecule has 1 aliphatic heterocycles. The van der Waals surface area contributed by atoms with E-state index in [4.69, 9.17) is 0 Å². The van der Waals surface area contributed by atoms with Crippen LogP contribution in [0, 0.1) is 0 Å². The number of benzene rings is 1. The minimum absolute atomic E-state index is 0.841. The highest BCUT2D eigenvalue weighted by atomic mass is 32.1. The maximum absolute atomic E-state index is 4.36. The summed E-state index contributed by atoms with van der Waals surface area (Å²) in [7, 11) is 0. The molecule has 0 saturated heterocycles. The second-order valence-electron chi connectivity index (χ2n) is 2.97. The number of nitrogens with zero attached hydrogens (tertiary/aromatic N) is 1. The van der Waals surface area contributed by atoms with Crippen LogP contribution in [0.5, 0.6) is 0 Å². The van der Waals surface area contributed by atoms with E-state index in [1.165, 1.54) is 15.8 Å². The highest BCUT2D eigenvalue weighted by Crippen LogP contribution is 2.42. The smallest absolute Gasteiger partial charge is 0.140 e. The van der Waals surface area contributed by atoms with Crippen molar-refractivity contribution >= 4 is 38.3 Å². The first-order valence-corrected chi connectivity index (χ1v) is 5.05. The zero-order valence-corrected chi connectivity index (χ0v) is 7.77. The quantitative estimate of drug-likeness (QED) is 0.675. The SMILES string of the molecule is C1=Nc2sc3ccccc3c2NC1. The summed E-state index contributed by atoms with van der Waals surface area (Å²) >= 11 is 1.74. The number of hydrogen-bond donors (Lipinski definition) is 1. The van der Waals surface area contributed by atoms with Gasteiger partial charge in [0.1, 0.15) is 5.00 Å². The summed E-state index contributed by atoms with van der Waals surface area (Å²) in [6.07, 6.45) is 1.91. The van der Waals surface area contributed by atoms with Crippen LogP contribution >= 0.6 is 11.3 Å². The van der Waals surface area contributed by atoms with E-state index in [0.29, 0.717) is 0 Å². The highest BCUT2D eigenvalue weighted by molar-refractivity contribution is 7.23. The fourth-order valence-corrected chi connectivity index (χ4v) is 2.62. The van der Waals surface area contributed by atoms with Crippen molar-refractivity contribution in [2.24, 2.45) is 4.99 Å². The second kappa shape index (κ2) is 2.57. The topological polar surface area (TPSA) is 24.4 Å². The summed E-state index contributed by atoms with van der Waals surface area (Å²) < 4.78 is 1.30. The molecule has 2 nitrogen and oxygen atoms in total. The Bertz CT molecular complexity index is 485.